The Morgan fingerprint density at radius 2 is 1.96 bits per heavy atom. The lowest BCUT2D eigenvalue weighted by atomic mass is 9.95. The quantitative estimate of drug-likeness (QED) is 0.768. The van der Waals surface area contributed by atoms with Crippen LogP contribution in [0.1, 0.15) is 18.4 Å². The van der Waals surface area contributed by atoms with Gasteiger partial charge < -0.3 is 5.32 Å². The van der Waals surface area contributed by atoms with Crippen molar-refractivity contribution in [1.82, 2.24) is 15.1 Å². The van der Waals surface area contributed by atoms with E-state index in [9.17, 15) is 4.79 Å². The minimum atomic E-state index is 0.0899. The normalized spacial score (nSPS) is 16.2. The van der Waals surface area contributed by atoms with Crippen molar-refractivity contribution in [2.75, 3.05) is 18.4 Å². The first kappa shape index (κ1) is 15.8. The zero-order chi connectivity index (χ0) is 17.1. The van der Waals surface area contributed by atoms with Crippen LogP contribution >= 0.6 is 0 Å². The first-order chi connectivity index (χ1) is 12.3. The van der Waals surface area contributed by atoms with Crippen LogP contribution in [0.5, 0.6) is 0 Å². The number of hydrogen-bond acceptors (Lipinski definition) is 3. The van der Waals surface area contributed by atoms with Crippen molar-refractivity contribution in [3.05, 3.63) is 60.3 Å². The summed E-state index contributed by atoms with van der Waals surface area (Å²) in [4.78, 5) is 15.0. The second-order valence-corrected chi connectivity index (χ2v) is 6.70. The third-order valence-electron chi connectivity index (χ3n) is 4.92. The third-order valence-corrected chi connectivity index (χ3v) is 4.92. The van der Waals surface area contributed by atoms with E-state index in [4.69, 9.17) is 0 Å². The number of carbonyl (C=O) groups excluding carboxylic acids is 1. The zero-order valence-electron chi connectivity index (χ0n) is 14.1. The van der Waals surface area contributed by atoms with Crippen LogP contribution in [0, 0.1) is 5.92 Å². The van der Waals surface area contributed by atoms with Gasteiger partial charge in [0.05, 0.1) is 11.7 Å². The molecular weight excluding hydrogens is 312 g/mol. The van der Waals surface area contributed by atoms with Crippen molar-refractivity contribution in [3.63, 3.8) is 0 Å². The SMILES string of the molecule is O=C(Nc1ccc2[nH]ncc2c1)C1CCN(Cc2ccccc2)CC1. The Morgan fingerprint density at radius 3 is 2.76 bits per heavy atom. The van der Waals surface area contributed by atoms with E-state index in [2.05, 4.69) is 44.7 Å². The molecule has 0 aliphatic carbocycles. The molecule has 5 heteroatoms. The molecule has 4 rings (SSSR count). The molecule has 1 saturated heterocycles. The van der Waals surface area contributed by atoms with Crippen molar-refractivity contribution < 1.29 is 4.79 Å². The number of nitrogens with one attached hydrogen (secondary N) is 2. The number of likely N-dealkylation sites (tertiary alicyclic amines) is 1. The number of fused-ring (bicyclic) bond motifs is 1. The van der Waals surface area contributed by atoms with Gasteiger partial charge in [-0.1, -0.05) is 30.3 Å². The Morgan fingerprint density at radius 1 is 1.16 bits per heavy atom. The van der Waals surface area contributed by atoms with Gasteiger partial charge in [-0.2, -0.15) is 5.10 Å². The third kappa shape index (κ3) is 3.72. The van der Waals surface area contributed by atoms with E-state index in [0.717, 1.165) is 49.1 Å². The second kappa shape index (κ2) is 7.07. The topological polar surface area (TPSA) is 61.0 Å². The van der Waals surface area contributed by atoms with E-state index in [1.807, 2.05) is 24.3 Å². The molecule has 3 aromatic rings. The van der Waals surface area contributed by atoms with Gasteiger partial charge in [0, 0.05) is 23.5 Å². The highest BCUT2D eigenvalue weighted by atomic mass is 16.1. The number of amides is 1. The smallest absolute Gasteiger partial charge is 0.227 e. The van der Waals surface area contributed by atoms with Crippen molar-refractivity contribution in [3.8, 4) is 0 Å². The molecule has 128 valence electrons. The van der Waals surface area contributed by atoms with Crippen LogP contribution in [0.2, 0.25) is 0 Å². The fraction of sp³-hybridized carbons (Fsp3) is 0.300. The molecule has 0 atom stereocenters. The summed E-state index contributed by atoms with van der Waals surface area (Å²) in [5, 5.41) is 11.0. The van der Waals surface area contributed by atoms with Crippen molar-refractivity contribution >= 4 is 22.5 Å². The monoisotopic (exact) mass is 334 g/mol. The van der Waals surface area contributed by atoms with Crippen LogP contribution in [0.15, 0.2) is 54.7 Å². The Labute approximate surface area is 147 Å². The minimum absolute atomic E-state index is 0.0899. The van der Waals surface area contributed by atoms with Gasteiger partial charge in [0.25, 0.3) is 0 Å². The Balaban J connectivity index is 1.31. The predicted molar refractivity (Wildman–Crippen MR) is 99.2 cm³/mol. The van der Waals surface area contributed by atoms with Crippen molar-refractivity contribution in [2.45, 2.75) is 19.4 Å². The molecule has 1 fully saturated rings. The molecule has 0 radical (unpaired) electrons. The second-order valence-electron chi connectivity index (χ2n) is 6.70. The van der Waals surface area contributed by atoms with Crippen LogP contribution in [0.25, 0.3) is 10.9 Å². The van der Waals surface area contributed by atoms with E-state index >= 15 is 0 Å². The van der Waals surface area contributed by atoms with E-state index in [-0.39, 0.29) is 11.8 Å². The number of anilines is 1. The van der Waals surface area contributed by atoms with E-state index in [0.29, 0.717) is 0 Å². The fourth-order valence-corrected chi connectivity index (χ4v) is 3.46. The Bertz CT molecular complexity index is 850. The minimum Gasteiger partial charge on any atom is -0.326 e. The van der Waals surface area contributed by atoms with Crippen molar-refractivity contribution in [2.24, 2.45) is 5.92 Å². The molecule has 1 amide bonds. The number of H-pyrrole nitrogens is 1. The Hall–Kier alpha value is -2.66. The zero-order valence-corrected chi connectivity index (χ0v) is 14.1. The molecule has 2 N–H and O–H groups in total. The number of hydrogen-bond donors (Lipinski definition) is 2. The van der Waals surface area contributed by atoms with Gasteiger partial charge in [-0.05, 0) is 49.7 Å². The molecule has 25 heavy (non-hydrogen) atoms. The van der Waals surface area contributed by atoms with Crippen molar-refractivity contribution in [1.29, 1.82) is 0 Å². The maximum atomic E-state index is 12.6. The molecule has 1 aliphatic heterocycles. The summed E-state index contributed by atoms with van der Waals surface area (Å²) >= 11 is 0. The van der Waals surface area contributed by atoms with Crippen LogP contribution in [0.4, 0.5) is 5.69 Å². The van der Waals surface area contributed by atoms with Gasteiger partial charge in [-0.25, -0.2) is 0 Å². The average Bonchev–Trinajstić information content (AvgIpc) is 3.11. The number of nitrogens with zero attached hydrogens (tertiary/aromatic N) is 2. The molecule has 0 unspecified atom stereocenters. The lowest BCUT2D eigenvalue weighted by Gasteiger charge is -2.31. The maximum absolute atomic E-state index is 12.6. The summed E-state index contributed by atoms with van der Waals surface area (Å²) in [6, 6.07) is 16.3. The molecule has 0 saturated carbocycles. The summed E-state index contributed by atoms with van der Waals surface area (Å²) in [7, 11) is 0. The highest BCUT2D eigenvalue weighted by Gasteiger charge is 2.25. The fourth-order valence-electron chi connectivity index (χ4n) is 3.46. The first-order valence-electron chi connectivity index (χ1n) is 8.78. The number of aromatic amines is 1. The average molecular weight is 334 g/mol. The maximum Gasteiger partial charge on any atom is 0.227 e. The molecule has 1 aliphatic rings. The van der Waals surface area contributed by atoms with E-state index in [1.165, 1.54) is 5.56 Å². The summed E-state index contributed by atoms with van der Waals surface area (Å²) in [5.74, 6) is 0.217. The van der Waals surface area contributed by atoms with Gasteiger partial charge >= 0.3 is 0 Å². The molecule has 0 bridgehead atoms. The van der Waals surface area contributed by atoms with Crippen LogP contribution in [-0.2, 0) is 11.3 Å². The number of carbonyl (C=O) groups is 1. The van der Waals surface area contributed by atoms with Crippen LogP contribution in [0.3, 0.4) is 0 Å². The lowest BCUT2D eigenvalue weighted by molar-refractivity contribution is -0.121. The van der Waals surface area contributed by atoms with Crippen LogP contribution in [-0.4, -0.2) is 34.1 Å². The molecule has 1 aromatic heterocycles. The summed E-state index contributed by atoms with van der Waals surface area (Å²) in [5.41, 5.74) is 3.15. The van der Waals surface area contributed by atoms with Gasteiger partial charge in [0.15, 0.2) is 0 Å². The number of benzene rings is 2. The molecule has 5 nitrogen and oxygen atoms in total. The predicted octanol–water partition coefficient (Wildman–Crippen LogP) is 3.41. The summed E-state index contributed by atoms with van der Waals surface area (Å²) < 4.78 is 0. The first-order valence-corrected chi connectivity index (χ1v) is 8.78. The van der Waals surface area contributed by atoms with E-state index in [1.54, 1.807) is 6.20 Å². The molecule has 0 spiro atoms. The van der Waals surface area contributed by atoms with Crippen LogP contribution < -0.4 is 5.32 Å². The number of aromatic nitrogens is 2. The lowest BCUT2D eigenvalue weighted by Crippen LogP contribution is -2.37. The highest BCUT2D eigenvalue weighted by molar-refractivity contribution is 5.94. The van der Waals surface area contributed by atoms with Gasteiger partial charge in [0.1, 0.15) is 0 Å². The standard InChI is InChI=1S/C20H22N4O/c25-20(22-18-6-7-19-17(12-18)13-21-23-19)16-8-10-24(11-9-16)14-15-4-2-1-3-5-15/h1-7,12-13,16H,8-11,14H2,(H,21,23)(H,22,25). The molecule has 2 aromatic carbocycles. The number of rotatable bonds is 4. The highest BCUT2D eigenvalue weighted by Crippen LogP contribution is 2.22. The van der Waals surface area contributed by atoms with Gasteiger partial charge in [0.2, 0.25) is 5.91 Å². The largest absolute Gasteiger partial charge is 0.326 e. The van der Waals surface area contributed by atoms with E-state index < -0.39 is 0 Å². The summed E-state index contributed by atoms with van der Waals surface area (Å²) in [6.45, 7) is 2.90. The Kier molecular flexibility index (Phi) is 4.48. The van der Waals surface area contributed by atoms with Gasteiger partial charge in [-0.3, -0.25) is 14.8 Å². The number of piperidine rings is 1. The molecular formula is C20H22N4O. The summed E-state index contributed by atoms with van der Waals surface area (Å²) in [6.07, 6.45) is 3.59. The van der Waals surface area contributed by atoms with Gasteiger partial charge in [-0.15, -0.1) is 0 Å². The molecule has 2 heterocycles.